The lowest BCUT2D eigenvalue weighted by atomic mass is 10.2. The van der Waals surface area contributed by atoms with E-state index in [0.717, 1.165) is 5.56 Å². The van der Waals surface area contributed by atoms with Crippen LogP contribution in [0.5, 0.6) is 0 Å². The Labute approximate surface area is 113 Å². The minimum Gasteiger partial charge on any atom is -0.409 e. The molecule has 0 aliphatic carbocycles. The molecule has 0 aliphatic heterocycles. The molecule has 0 radical (unpaired) electrons. The van der Waals surface area contributed by atoms with Crippen LogP contribution < -0.4 is 10.5 Å². The molecule has 0 aliphatic rings. The fourth-order valence-electron chi connectivity index (χ4n) is 1.60. The first-order valence-electron chi connectivity index (χ1n) is 6.00. The van der Waals surface area contributed by atoms with Crippen LogP contribution in [0.15, 0.2) is 35.5 Å². The summed E-state index contributed by atoms with van der Waals surface area (Å²) in [6, 6.07) is 8.67. The summed E-state index contributed by atoms with van der Waals surface area (Å²) in [7, 11) is -3.47. The van der Waals surface area contributed by atoms with Crippen molar-refractivity contribution in [1.29, 1.82) is 0 Å². The van der Waals surface area contributed by atoms with Gasteiger partial charge in [0.25, 0.3) is 0 Å². The number of aryl methyl sites for hydroxylation is 1. The van der Waals surface area contributed by atoms with Gasteiger partial charge in [0.2, 0.25) is 10.0 Å². The Morgan fingerprint density at radius 2 is 2.05 bits per heavy atom. The predicted molar refractivity (Wildman–Crippen MR) is 74.6 cm³/mol. The Hall–Kier alpha value is -1.60. The number of nitrogens with two attached hydrogens (primary N) is 1. The zero-order valence-electron chi connectivity index (χ0n) is 10.8. The Morgan fingerprint density at radius 3 is 2.58 bits per heavy atom. The number of benzene rings is 1. The minimum atomic E-state index is -3.47. The molecule has 0 saturated carbocycles. The fraction of sp³-hybridized carbons (Fsp3) is 0.417. The monoisotopic (exact) mass is 285 g/mol. The molecule has 1 rings (SSSR count). The molecule has 1 atom stereocenters. The van der Waals surface area contributed by atoms with Crippen LogP contribution in [0, 0.1) is 0 Å². The standard InChI is InChI=1S/C12H19N3O3S/c1-2-11(12(13)14-16)15-19(17,18)9-8-10-6-4-3-5-7-10/h3-7,11,15-16H,2,8-9H2,1H3,(H2,13,14). The highest BCUT2D eigenvalue weighted by Crippen LogP contribution is 2.03. The van der Waals surface area contributed by atoms with Crippen molar-refractivity contribution in [2.45, 2.75) is 25.8 Å². The normalized spacial score (nSPS) is 14.3. The van der Waals surface area contributed by atoms with E-state index in [9.17, 15) is 8.42 Å². The molecule has 0 fully saturated rings. The summed E-state index contributed by atoms with van der Waals surface area (Å²) >= 11 is 0. The Morgan fingerprint density at radius 1 is 1.42 bits per heavy atom. The van der Waals surface area contributed by atoms with Crippen molar-refractivity contribution in [3.8, 4) is 0 Å². The summed E-state index contributed by atoms with van der Waals surface area (Å²) in [5, 5.41) is 11.4. The number of hydrogen-bond donors (Lipinski definition) is 3. The topological polar surface area (TPSA) is 105 Å². The van der Waals surface area contributed by atoms with Gasteiger partial charge in [0.05, 0.1) is 11.8 Å². The van der Waals surface area contributed by atoms with Gasteiger partial charge in [-0.1, -0.05) is 42.4 Å². The molecule has 106 valence electrons. The molecular weight excluding hydrogens is 266 g/mol. The van der Waals surface area contributed by atoms with Crippen molar-refractivity contribution < 1.29 is 13.6 Å². The number of oxime groups is 1. The molecule has 0 bridgehead atoms. The van der Waals surface area contributed by atoms with Crippen LogP contribution in [0.2, 0.25) is 0 Å². The van der Waals surface area contributed by atoms with E-state index in [2.05, 4.69) is 9.88 Å². The van der Waals surface area contributed by atoms with Crippen molar-refractivity contribution in [2.75, 3.05) is 5.75 Å². The van der Waals surface area contributed by atoms with Gasteiger partial charge in [-0.25, -0.2) is 13.1 Å². The molecule has 0 saturated heterocycles. The quantitative estimate of drug-likeness (QED) is 0.296. The van der Waals surface area contributed by atoms with Crippen LogP contribution in [-0.2, 0) is 16.4 Å². The number of nitrogens with one attached hydrogen (secondary N) is 1. The van der Waals surface area contributed by atoms with E-state index in [1.807, 2.05) is 30.3 Å². The molecule has 0 amide bonds. The highest BCUT2D eigenvalue weighted by atomic mass is 32.2. The molecule has 1 aromatic carbocycles. The first-order valence-corrected chi connectivity index (χ1v) is 7.65. The molecule has 0 heterocycles. The van der Waals surface area contributed by atoms with Gasteiger partial charge in [-0.2, -0.15) is 0 Å². The van der Waals surface area contributed by atoms with Gasteiger partial charge in [-0.3, -0.25) is 0 Å². The number of rotatable bonds is 7. The summed E-state index contributed by atoms with van der Waals surface area (Å²) in [5.74, 6) is -0.169. The number of nitrogens with zero attached hydrogens (tertiary/aromatic N) is 1. The van der Waals surface area contributed by atoms with E-state index in [-0.39, 0.29) is 11.6 Å². The van der Waals surface area contributed by atoms with Gasteiger partial charge in [0, 0.05) is 0 Å². The van der Waals surface area contributed by atoms with Gasteiger partial charge in [0.1, 0.15) is 0 Å². The summed E-state index contributed by atoms with van der Waals surface area (Å²) in [4.78, 5) is 0. The van der Waals surface area contributed by atoms with E-state index >= 15 is 0 Å². The lowest BCUT2D eigenvalue weighted by molar-refractivity contribution is 0.315. The van der Waals surface area contributed by atoms with Gasteiger partial charge in [-0.15, -0.1) is 0 Å². The highest BCUT2D eigenvalue weighted by molar-refractivity contribution is 7.89. The van der Waals surface area contributed by atoms with E-state index in [1.54, 1.807) is 6.92 Å². The van der Waals surface area contributed by atoms with Crippen LogP contribution in [0.1, 0.15) is 18.9 Å². The van der Waals surface area contributed by atoms with Crippen LogP contribution in [0.25, 0.3) is 0 Å². The summed E-state index contributed by atoms with van der Waals surface area (Å²) in [6.45, 7) is 1.75. The van der Waals surface area contributed by atoms with Gasteiger partial charge >= 0.3 is 0 Å². The number of amidine groups is 1. The lowest BCUT2D eigenvalue weighted by Crippen LogP contribution is -2.45. The average Bonchev–Trinajstić information content (AvgIpc) is 2.43. The molecule has 4 N–H and O–H groups in total. The third-order valence-electron chi connectivity index (χ3n) is 2.70. The maximum absolute atomic E-state index is 11.9. The smallest absolute Gasteiger partial charge is 0.212 e. The molecule has 19 heavy (non-hydrogen) atoms. The maximum Gasteiger partial charge on any atom is 0.212 e. The molecule has 0 spiro atoms. The largest absolute Gasteiger partial charge is 0.409 e. The second-order valence-corrected chi connectivity index (χ2v) is 6.03. The van der Waals surface area contributed by atoms with Crippen molar-refractivity contribution in [3.63, 3.8) is 0 Å². The first kappa shape index (κ1) is 15.5. The van der Waals surface area contributed by atoms with Gasteiger partial charge in [-0.05, 0) is 18.4 Å². The highest BCUT2D eigenvalue weighted by Gasteiger charge is 2.19. The third-order valence-corrected chi connectivity index (χ3v) is 4.09. The first-order chi connectivity index (χ1) is 8.98. The molecular formula is C12H19N3O3S. The Balaban J connectivity index is 2.61. The zero-order chi connectivity index (χ0) is 14.3. The summed E-state index contributed by atoms with van der Waals surface area (Å²) in [6.07, 6.45) is 0.837. The van der Waals surface area contributed by atoms with Crippen molar-refractivity contribution in [1.82, 2.24) is 4.72 Å². The van der Waals surface area contributed by atoms with Crippen LogP contribution in [-0.4, -0.2) is 31.3 Å². The summed E-state index contributed by atoms with van der Waals surface area (Å²) in [5.41, 5.74) is 6.36. The third kappa shape index (κ3) is 5.27. The predicted octanol–water partition coefficient (Wildman–Crippen LogP) is 0.673. The lowest BCUT2D eigenvalue weighted by Gasteiger charge is -2.15. The molecule has 6 nitrogen and oxygen atoms in total. The van der Waals surface area contributed by atoms with E-state index in [0.29, 0.717) is 12.8 Å². The molecule has 1 aromatic rings. The number of sulfonamides is 1. The van der Waals surface area contributed by atoms with E-state index in [4.69, 9.17) is 10.9 Å². The fourth-order valence-corrected chi connectivity index (χ4v) is 2.94. The maximum atomic E-state index is 11.9. The molecule has 1 unspecified atom stereocenters. The van der Waals surface area contributed by atoms with Crippen molar-refractivity contribution in [3.05, 3.63) is 35.9 Å². The zero-order valence-corrected chi connectivity index (χ0v) is 11.6. The van der Waals surface area contributed by atoms with Crippen LogP contribution >= 0.6 is 0 Å². The molecule has 7 heteroatoms. The Kier molecular flexibility index (Phi) is 5.78. The van der Waals surface area contributed by atoms with Gasteiger partial charge < -0.3 is 10.9 Å². The van der Waals surface area contributed by atoms with Crippen LogP contribution in [0.4, 0.5) is 0 Å². The van der Waals surface area contributed by atoms with E-state index in [1.165, 1.54) is 0 Å². The second kappa shape index (κ2) is 7.10. The SMILES string of the molecule is CCC(NS(=O)(=O)CCc1ccccc1)/C(N)=N/O. The van der Waals surface area contributed by atoms with Gasteiger partial charge in [0.15, 0.2) is 5.84 Å². The summed E-state index contributed by atoms with van der Waals surface area (Å²) < 4.78 is 26.2. The number of hydrogen-bond acceptors (Lipinski definition) is 4. The average molecular weight is 285 g/mol. The van der Waals surface area contributed by atoms with Crippen LogP contribution in [0.3, 0.4) is 0 Å². The van der Waals surface area contributed by atoms with Crippen molar-refractivity contribution in [2.24, 2.45) is 10.9 Å². The Bertz CT molecular complexity index is 514. The second-order valence-electron chi connectivity index (χ2n) is 4.16. The van der Waals surface area contributed by atoms with E-state index < -0.39 is 16.1 Å². The van der Waals surface area contributed by atoms with Crippen molar-refractivity contribution >= 4 is 15.9 Å². The minimum absolute atomic E-state index is 0.0355. The molecule has 0 aromatic heterocycles.